The van der Waals surface area contributed by atoms with E-state index in [0.717, 1.165) is 5.92 Å². The van der Waals surface area contributed by atoms with Crippen LogP contribution in [0.1, 0.15) is 59.8 Å². The third-order valence-electron chi connectivity index (χ3n) is 2.49. The second kappa shape index (κ2) is 7.39. The highest BCUT2D eigenvalue weighted by atomic mass is 14.0. The lowest BCUT2D eigenvalue weighted by Crippen LogP contribution is -1.92. The van der Waals surface area contributed by atoms with Crippen LogP contribution in [0.3, 0.4) is 0 Å². The maximum Gasteiger partial charge on any atom is -0.0346 e. The average molecular weight is 168 g/mol. The molecule has 0 bridgehead atoms. The molecule has 0 N–H and O–H groups in total. The molecule has 0 saturated carbocycles. The Labute approximate surface area is 78.1 Å². The minimum atomic E-state index is 0.913. The van der Waals surface area contributed by atoms with Gasteiger partial charge in [-0.05, 0) is 32.1 Å². The van der Waals surface area contributed by atoms with Gasteiger partial charge in [-0.25, -0.2) is 0 Å². The fourth-order valence-corrected chi connectivity index (χ4v) is 1.40. The summed E-state index contributed by atoms with van der Waals surface area (Å²) < 4.78 is 0. The molecule has 0 heterocycles. The van der Waals surface area contributed by atoms with Crippen molar-refractivity contribution in [2.24, 2.45) is 5.92 Å². The second-order valence-corrected chi connectivity index (χ2v) is 3.88. The van der Waals surface area contributed by atoms with Crippen molar-refractivity contribution in [2.75, 3.05) is 0 Å². The highest BCUT2D eigenvalue weighted by molar-refractivity contribution is 4.96. The Morgan fingerprint density at radius 1 is 1.25 bits per heavy atom. The molecule has 0 fully saturated rings. The van der Waals surface area contributed by atoms with Crippen molar-refractivity contribution in [3.8, 4) is 0 Å². The first kappa shape index (κ1) is 11.7. The van der Waals surface area contributed by atoms with Gasteiger partial charge in [0, 0.05) is 0 Å². The lowest BCUT2D eigenvalue weighted by Gasteiger charge is -2.07. The Bertz CT molecular complexity index is 122. The number of allylic oxidation sites excluding steroid dienone is 2. The molecule has 0 aliphatic carbocycles. The molecular formula is C12H24. The Kier molecular flexibility index (Phi) is 7.23. The summed E-state index contributed by atoms with van der Waals surface area (Å²) in [4.78, 5) is 0. The van der Waals surface area contributed by atoms with Gasteiger partial charge in [-0.3, -0.25) is 0 Å². The van der Waals surface area contributed by atoms with E-state index >= 15 is 0 Å². The Morgan fingerprint density at radius 3 is 2.42 bits per heavy atom. The predicted octanol–water partition coefficient (Wildman–Crippen LogP) is 4.56. The van der Waals surface area contributed by atoms with Gasteiger partial charge in [0.15, 0.2) is 0 Å². The molecule has 0 spiro atoms. The van der Waals surface area contributed by atoms with Crippen molar-refractivity contribution in [1.29, 1.82) is 0 Å². The molecule has 1 unspecified atom stereocenters. The number of hydrogen-bond donors (Lipinski definition) is 0. The predicted molar refractivity (Wildman–Crippen MR) is 57.4 cm³/mol. The normalized spacial score (nSPS) is 14.8. The van der Waals surface area contributed by atoms with Crippen molar-refractivity contribution in [3.05, 3.63) is 11.6 Å². The Hall–Kier alpha value is -0.260. The van der Waals surface area contributed by atoms with E-state index in [4.69, 9.17) is 0 Å². The highest BCUT2D eigenvalue weighted by Crippen LogP contribution is 2.13. The van der Waals surface area contributed by atoms with Gasteiger partial charge in [-0.2, -0.15) is 0 Å². The summed E-state index contributed by atoms with van der Waals surface area (Å²) in [6.45, 7) is 9.08. The summed E-state index contributed by atoms with van der Waals surface area (Å²) in [5.74, 6) is 0.913. The molecule has 0 amide bonds. The first-order valence-corrected chi connectivity index (χ1v) is 5.36. The SMILES string of the molecule is CCCC(C)CCC=C(C)CC. The highest BCUT2D eigenvalue weighted by Gasteiger charge is 1.98. The van der Waals surface area contributed by atoms with Gasteiger partial charge in [0.25, 0.3) is 0 Å². The average Bonchev–Trinajstić information content (AvgIpc) is 2.04. The van der Waals surface area contributed by atoms with Crippen molar-refractivity contribution in [2.45, 2.75) is 59.8 Å². The summed E-state index contributed by atoms with van der Waals surface area (Å²) in [5, 5.41) is 0. The zero-order chi connectivity index (χ0) is 9.40. The molecule has 0 heteroatoms. The Morgan fingerprint density at radius 2 is 1.92 bits per heavy atom. The first-order valence-electron chi connectivity index (χ1n) is 5.36. The van der Waals surface area contributed by atoms with Crippen molar-refractivity contribution >= 4 is 0 Å². The van der Waals surface area contributed by atoms with E-state index in [1.54, 1.807) is 5.57 Å². The molecule has 0 aliphatic heterocycles. The maximum absolute atomic E-state index is 2.40. The molecule has 72 valence electrons. The van der Waals surface area contributed by atoms with Gasteiger partial charge in [-0.1, -0.05) is 45.3 Å². The zero-order valence-electron chi connectivity index (χ0n) is 9.19. The number of hydrogen-bond acceptors (Lipinski definition) is 0. The van der Waals surface area contributed by atoms with Crippen LogP contribution < -0.4 is 0 Å². The van der Waals surface area contributed by atoms with Gasteiger partial charge < -0.3 is 0 Å². The van der Waals surface area contributed by atoms with Crippen LogP contribution in [0.4, 0.5) is 0 Å². The van der Waals surface area contributed by atoms with Gasteiger partial charge in [0.05, 0.1) is 0 Å². The van der Waals surface area contributed by atoms with E-state index in [0.29, 0.717) is 0 Å². The molecule has 0 aromatic heterocycles. The smallest absolute Gasteiger partial charge is 0.0346 e. The van der Waals surface area contributed by atoms with E-state index < -0.39 is 0 Å². The lowest BCUT2D eigenvalue weighted by molar-refractivity contribution is 0.490. The van der Waals surface area contributed by atoms with Gasteiger partial charge >= 0.3 is 0 Å². The van der Waals surface area contributed by atoms with Gasteiger partial charge in [-0.15, -0.1) is 0 Å². The molecule has 0 aliphatic rings. The van der Waals surface area contributed by atoms with Crippen LogP contribution in [0.5, 0.6) is 0 Å². The summed E-state index contributed by atoms with van der Waals surface area (Å²) in [6.07, 6.45) is 8.97. The topological polar surface area (TPSA) is 0 Å². The van der Waals surface area contributed by atoms with Gasteiger partial charge in [0.2, 0.25) is 0 Å². The van der Waals surface area contributed by atoms with E-state index in [9.17, 15) is 0 Å². The Balaban J connectivity index is 3.41. The third kappa shape index (κ3) is 6.45. The fraction of sp³-hybridized carbons (Fsp3) is 0.833. The largest absolute Gasteiger partial charge is 0.0856 e. The van der Waals surface area contributed by atoms with Crippen LogP contribution in [-0.2, 0) is 0 Å². The second-order valence-electron chi connectivity index (χ2n) is 3.88. The van der Waals surface area contributed by atoms with Crippen LogP contribution in [0.15, 0.2) is 11.6 Å². The molecule has 0 rings (SSSR count). The fourth-order valence-electron chi connectivity index (χ4n) is 1.40. The van der Waals surface area contributed by atoms with Crippen molar-refractivity contribution < 1.29 is 0 Å². The molecular weight excluding hydrogens is 144 g/mol. The molecule has 12 heavy (non-hydrogen) atoms. The van der Waals surface area contributed by atoms with Crippen LogP contribution >= 0.6 is 0 Å². The van der Waals surface area contributed by atoms with Crippen LogP contribution in [0, 0.1) is 5.92 Å². The summed E-state index contributed by atoms with van der Waals surface area (Å²) in [6, 6.07) is 0. The molecule has 0 saturated heterocycles. The van der Waals surface area contributed by atoms with Crippen molar-refractivity contribution in [3.63, 3.8) is 0 Å². The van der Waals surface area contributed by atoms with Crippen molar-refractivity contribution in [1.82, 2.24) is 0 Å². The van der Waals surface area contributed by atoms with Crippen LogP contribution in [0.2, 0.25) is 0 Å². The maximum atomic E-state index is 2.40. The molecule has 0 nitrogen and oxygen atoms in total. The minimum absolute atomic E-state index is 0.913. The molecule has 1 atom stereocenters. The van der Waals surface area contributed by atoms with E-state index in [1.807, 2.05) is 0 Å². The molecule has 0 aromatic rings. The first-order chi connectivity index (χ1) is 5.70. The summed E-state index contributed by atoms with van der Waals surface area (Å²) in [5.41, 5.74) is 1.54. The summed E-state index contributed by atoms with van der Waals surface area (Å²) >= 11 is 0. The third-order valence-corrected chi connectivity index (χ3v) is 2.49. The standard InChI is InChI=1S/C12H24/c1-5-8-12(4)10-7-9-11(3)6-2/h9,12H,5-8,10H2,1-4H3. The molecule has 0 aromatic carbocycles. The van der Waals surface area contributed by atoms with Crippen LogP contribution in [-0.4, -0.2) is 0 Å². The van der Waals surface area contributed by atoms with E-state index in [2.05, 4.69) is 33.8 Å². The zero-order valence-corrected chi connectivity index (χ0v) is 9.19. The van der Waals surface area contributed by atoms with E-state index in [-0.39, 0.29) is 0 Å². The minimum Gasteiger partial charge on any atom is -0.0856 e. The van der Waals surface area contributed by atoms with E-state index in [1.165, 1.54) is 32.1 Å². The summed E-state index contributed by atoms with van der Waals surface area (Å²) in [7, 11) is 0. The van der Waals surface area contributed by atoms with Crippen LogP contribution in [0.25, 0.3) is 0 Å². The monoisotopic (exact) mass is 168 g/mol. The lowest BCUT2D eigenvalue weighted by atomic mass is 9.99. The van der Waals surface area contributed by atoms with Gasteiger partial charge in [0.1, 0.15) is 0 Å². The number of rotatable bonds is 6. The molecule has 0 radical (unpaired) electrons. The quantitative estimate of drug-likeness (QED) is 0.510.